The lowest BCUT2D eigenvalue weighted by atomic mass is 9.95. The van der Waals surface area contributed by atoms with Crippen molar-refractivity contribution in [2.75, 3.05) is 26.7 Å². The van der Waals surface area contributed by atoms with Crippen LogP contribution < -0.4 is 15.8 Å². The van der Waals surface area contributed by atoms with Crippen molar-refractivity contribution < 1.29 is 14.3 Å². The summed E-state index contributed by atoms with van der Waals surface area (Å²) in [7, 11) is 1.66. The molecule has 1 aliphatic heterocycles. The number of fused-ring (bicyclic) bond motifs is 1. The van der Waals surface area contributed by atoms with E-state index in [1.54, 1.807) is 7.11 Å². The van der Waals surface area contributed by atoms with Gasteiger partial charge in [0, 0.05) is 5.92 Å². The van der Waals surface area contributed by atoms with Gasteiger partial charge in [0.25, 0.3) is 0 Å². The Morgan fingerprint density at radius 1 is 1.19 bits per heavy atom. The van der Waals surface area contributed by atoms with Crippen LogP contribution in [0.5, 0.6) is 5.75 Å². The van der Waals surface area contributed by atoms with Crippen LogP contribution >= 0.6 is 0 Å². The van der Waals surface area contributed by atoms with Crippen molar-refractivity contribution in [3.63, 3.8) is 0 Å². The fraction of sp³-hybridized carbons (Fsp3) is 0.429. The van der Waals surface area contributed by atoms with Crippen LogP contribution in [0.15, 0.2) is 36.4 Å². The summed E-state index contributed by atoms with van der Waals surface area (Å²) in [5, 5.41) is 5.36. The zero-order valence-electron chi connectivity index (χ0n) is 15.9. The molecule has 0 saturated carbocycles. The maximum Gasteiger partial charge on any atom is 0.231 e. The zero-order valence-corrected chi connectivity index (χ0v) is 15.9. The fourth-order valence-electron chi connectivity index (χ4n) is 3.63. The number of hydrogen-bond donors (Lipinski definition) is 2. The molecule has 3 rings (SSSR count). The smallest absolute Gasteiger partial charge is 0.231 e. The summed E-state index contributed by atoms with van der Waals surface area (Å²) in [4.78, 5) is 25.6. The fourth-order valence-corrected chi connectivity index (χ4v) is 3.63. The molecule has 0 spiro atoms. The van der Waals surface area contributed by atoms with Gasteiger partial charge in [-0.25, -0.2) is 0 Å². The second-order valence-corrected chi connectivity index (χ2v) is 7.22. The molecular formula is C21H27N3O3. The number of carbonyl (C=O) groups excluding carboxylic acids is 2. The van der Waals surface area contributed by atoms with E-state index in [4.69, 9.17) is 10.5 Å². The number of rotatable bonds is 6. The van der Waals surface area contributed by atoms with E-state index in [9.17, 15) is 9.59 Å². The third-order valence-electron chi connectivity index (χ3n) is 5.27. The molecule has 6 heteroatoms. The monoisotopic (exact) mass is 369 g/mol. The van der Waals surface area contributed by atoms with E-state index >= 15 is 0 Å². The van der Waals surface area contributed by atoms with E-state index < -0.39 is 0 Å². The second kappa shape index (κ2) is 8.39. The molecule has 3 N–H and O–H groups in total. The molecule has 0 radical (unpaired) electrons. The van der Waals surface area contributed by atoms with Gasteiger partial charge < -0.3 is 15.8 Å². The molecule has 0 aliphatic carbocycles. The van der Waals surface area contributed by atoms with Crippen LogP contribution in [0.3, 0.4) is 0 Å². The molecule has 27 heavy (non-hydrogen) atoms. The number of benzene rings is 2. The van der Waals surface area contributed by atoms with Crippen LogP contribution in [0.1, 0.15) is 31.4 Å². The highest BCUT2D eigenvalue weighted by Crippen LogP contribution is 2.25. The molecule has 144 valence electrons. The Kier molecular flexibility index (Phi) is 5.96. The molecule has 0 unspecified atom stereocenters. The Labute approximate surface area is 159 Å². The van der Waals surface area contributed by atoms with Crippen molar-refractivity contribution in [3.05, 3.63) is 42.0 Å². The number of methoxy groups -OCH3 is 1. The van der Waals surface area contributed by atoms with E-state index in [1.165, 1.54) is 0 Å². The highest BCUT2D eigenvalue weighted by molar-refractivity contribution is 5.85. The summed E-state index contributed by atoms with van der Waals surface area (Å²) in [6.07, 6.45) is 1.51. The highest BCUT2D eigenvalue weighted by Gasteiger charge is 2.26. The van der Waals surface area contributed by atoms with E-state index in [0.29, 0.717) is 0 Å². The Morgan fingerprint density at radius 3 is 2.52 bits per heavy atom. The predicted octanol–water partition coefficient (Wildman–Crippen LogP) is 2.22. The van der Waals surface area contributed by atoms with Gasteiger partial charge in [0.15, 0.2) is 0 Å². The SMILES string of the molecule is COc1ccc2cc([C@@H](C)NC(=O)C3CCN(CC(N)=O)CC3)ccc2c1. The molecule has 1 heterocycles. The average Bonchev–Trinajstić information content (AvgIpc) is 2.67. The maximum absolute atomic E-state index is 12.6. The van der Waals surface area contributed by atoms with Crippen molar-refractivity contribution in [2.45, 2.75) is 25.8 Å². The standard InChI is InChI=1S/C21H27N3O3/c1-14(16-3-4-18-12-19(27-2)6-5-17(18)11-16)23-21(26)15-7-9-24(10-8-15)13-20(22)25/h3-6,11-12,14-15H,7-10,13H2,1-2H3,(H2,22,25)(H,23,26)/t14-/m1/s1. The summed E-state index contributed by atoms with van der Waals surface area (Å²) in [6, 6.07) is 12.1. The number of piperidine rings is 1. The van der Waals surface area contributed by atoms with Crippen LogP contribution in [0, 0.1) is 5.92 Å². The molecule has 1 saturated heterocycles. The van der Waals surface area contributed by atoms with Gasteiger partial charge in [0.2, 0.25) is 11.8 Å². The second-order valence-electron chi connectivity index (χ2n) is 7.22. The van der Waals surface area contributed by atoms with Crippen LogP contribution in [0.4, 0.5) is 0 Å². The largest absolute Gasteiger partial charge is 0.497 e. The summed E-state index contributed by atoms with van der Waals surface area (Å²) in [6.45, 7) is 3.73. The van der Waals surface area contributed by atoms with Crippen molar-refractivity contribution in [1.29, 1.82) is 0 Å². The summed E-state index contributed by atoms with van der Waals surface area (Å²) in [5.74, 6) is 0.581. The van der Waals surface area contributed by atoms with E-state index in [0.717, 1.165) is 48.0 Å². The van der Waals surface area contributed by atoms with Crippen molar-refractivity contribution in [1.82, 2.24) is 10.2 Å². The Bertz CT molecular complexity index is 829. The summed E-state index contributed by atoms with van der Waals surface area (Å²) in [5.41, 5.74) is 6.31. The number of nitrogens with zero attached hydrogens (tertiary/aromatic N) is 1. The molecule has 2 aromatic carbocycles. The van der Waals surface area contributed by atoms with Crippen molar-refractivity contribution >= 4 is 22.6 Å². The first kappa shape index (κ1) is 19.2. The lowest BCUT2D eigenvalue weighted by Crippen LogP contribution is -2.43. The summed E-state index contributed by atoms with van der Waals surface area (Å²) >= 11 is 0. The van der Waals surface area contributed by atoms with Gasteiger partial charge in [-0.15, -0.1) is 0 Å². The van der Waals surface area contributed by atoms with E-state index in [-0.39, 0.29) is 30.3 Å². The Hall–Kier alpha value is -2.60. The number of ether oxygens (including phenoxy) is 1. The average molecular weight is 369 g/mol. The number of nitrogens with two attached hydrogens (primary N) is 1. The number of hydrogen-bond acceptors (Lipinski definition) is 4. The first-order chi connectivity index (χ1) is 13.0. The lowest BCUT2D eigenvalue weighted by molar-refractivity contribution is -0.127. The predicted molar refractivity (Wildman–Crippen MR) is 105 cm³/mol. The highest BCUT2D eigenvalue weighted by atomic mass is 16.5. The number of primary amides is 1. The Morgan fingerprint density at radius 2 is 1.85 bits per heavy atom. The van der Waals surface area contributed by atoms with Crippen LogP contribution in [-0.2, 0) is 9.59 Å². The molecule has 2 aromatic rings. The van der Waals surface area contributed by atoms with Crippen LogP contribution in [0.2, 0.25) is 0 Å². The van der Waals surface area contributed by atoms with Gasteiger partial charge >= 0.3 is 0 Å². The van der Waals surface area contributed by atoms with Crippen molar-refractivity contribution in [2.24, 2.45) is 11.7 Å². The topological polar surface area (TPSA) is 84.7 Å². The molecular weight excluding hydrogens is 342 g/mol. The molecule has 1 atom stereocenters. The first-order valence-corrected chi connectivity index (χ1v) is 9.35. The first-order valence-electron chi connectivity index (χ1n) is 9.35. The van der Waals surface area contributed by atoms with Gasteiger partial charge in [-0.3, -0.25) is 14.5 Å². The van der Waals surface area contributed by atoms with Crippen molar-refractivity contribution in [3.8, 4) is 5.75 Å². The normalized spacial score (nSPS) is 16.8. The quantitative estimate of drug-likeness (QED) is 0.818. The zero-order chi connectivity index (χ0) is 19.4. The number of amides is 2. The van der Waals surface area contributed by atoms with Gasteiger partial charge in [-0.05, 0) is 67.4 Å². The molecule has 0 aromatic heterocycles. The minimum absolute atomic E-state index is 0.0127. The minimum Gasteiger partial charge on any atom is -0.497 e. The Balaban J connectivity index is 1.60. The molecule has 1 fully saturated rings. The number of carbonyl (C=O) groups is 2. The van der Waals surface area contributed by atoms with Crippen LogP contribution in [-0.4, -0.2) is 43.5 Å². The minimum atomic E-state index is -0.319. The third-order valence-corrected chi connectivity index (χ3v) is 5.27. The molecule has 1 aliphatic rings. The van der Waals surface area contributed by atoms with Gasteiger partial charge in [-0.1, -0.05) is 18.2 Å². The maximum atomic E-state index is 12.6. The third kappa shape index (κ3) is 4.77. The van der Waals surface area contributed by atoms with Gasteiger partial charge in [0.1, 0.15) is 5.75 Å². The van der Waals surface area contributed by atoms with Crippen LogP contribution in [0.25, 0.3) is 10.8 Å². The molecule has 6 nitrogen and oxygen atoms in total. The van der Waals surface area contributed by atoms with E-state index in [1.807, 2.05) is 36.1 Å². The molecule has 0 bridgehead atoms. The number of nitrogens with one attached hydrogen (secondary N) is 1. The van der Waals surface area contributed by atoms with Gasteiger partial charge in [0.05, 0.1) is 19.7 Å². The van der Waals surface area contributed by atoms with Gasteiger partial charge in [-0.2, -0.15) is 0 Å². The summed E-state index contributed by atoms with van der Waals surface area (Å²) < 4.78 is 5.26. The van der Waals surface area contributed by atoms with E-state index in [2.05, 4.69) is 17.4 Å². The lowest BCUT2D eigenvalue weighted by Gasteiger charge is -2.31. The number of likely N-dealkylation sites (tertiary alicyclic amines) is 1. The molecule has 2 amide bonds.